The van der Waals surface area contributed by atoms with Crippen LogP contribution in [0.5, 0.6) is 5.75 Å². The van der Waals surface area contributed by atoms with Gasteiger partial charge in [0.15, 0.2) is 0 Å². The van der Waals surface area contributed by atoms with Crippen molar-refractivity contribution in [2.75, 3.05) is 4.31 Å². The molecular weight excluding hydrogens is 328 g/mol. The SMILES string of the molecule is Cc1cc(O)c(N2C=C(O)NS2(=O)=O)cc1CCC1CCCCC1. The fourth-order valence-corrected chi connectivity index (χ4v) is 4.65. The summed E-state index contributed by atoms with van der Waals surface area (Å²) in [5.41, 5.74) is 2.14. The van der Waals surface area contributed by atoms with Crippen molar-refractivity contribution in [2.24, 2.45) is 5.92 Å². The number of nitrogens with one attached hydrogen (secondary N) is 1. The molecule has 0 atom stereocenters. The predicted molar refractivity (Wildman–Crippen MR) is 93.0 cm³/mol. The fraction of sp³-hybridized carbons (Fsp3) is 0.529. The lowest BCUT2D eigenvalue weighted by atomic mass is 9.85. The first-order valence-corrected chi connectivity index (χ1v) is 9.86. The number of aliphatic hydroxyl groups is 1. The first kappa shape index (κ1) is 17.0. The molecule has 7 heteroatoms. The molecule has 1 fully saturated rings. The number of anilines is 1. The van der Waals surface area contributed by atoms with Crippen molar-refractivity contribution in [3.63, 3.8) is 0 Å². The smallest absolute Gasteiger partial charge is 0.330 e. The highest BCUT2D eigenvalue weighted by Crippen LogP contribution is 2.35. The molecule has 2 aliphatic rings. The summed E-state index contributed by atoms with van der Waals surface area (Å²) in [4.78, 5) is 0. The van der Waals surface area contributed by atoms with E-state index in [2.05, 4.69) is 0 Å². The largest absolute Gasteiger partial charge is 0.506 e. The topological polar surface area (TPSA) is 89.9 Å². The Labute approximate surface area is 143 Å². The molecule has 132 valence electrons. The molecule has 24 heavy (non-hydrogen) atoms. The Hall–Kier alpha value is -1.89. The van der Waals surface area contributed by atoms with E-state index in [4.69, 9.17) is 0 Å². The van der Waals surface area contributed by atoms with Gasteiger partial charge in [0.2, 0.25) is 5.88 Å². The predicted octanol–water partition coefficient (Wildman–Crippen LogP) is 3.22. The van der Waals surface area contributed by atoms with Crippen LogP contribution in [-0.4, -0.2) is 18.6 Å². The molecule has 3 rings (SSSR count). The Bertz CT molecular complexity index is 752. The zero-order valence-corrected chi connectivity index (χ0v) is 14.6. The Kier molecular flexibility index (Phi) is 4.62. The summed E-state index contributed by atoms with van der Waals surface area (Å²) in [6.45, 7) is 1.92. The Balaban J connectivity index is 1.83. The van der Waals surface area contributed by atoms with Gasteiger partial charge in [-0.25, -0.2) is 9.03 Å². The molecule has 0 unspecified atom stereocenters. The number of aromatic hydroxyl groups is 1. The van der Waals surface area contributed by atoms with Crippen LogP contribution in [0.15, 0.2) is 24.2 Å². The maximum Gasteiger partial charge on any atom is 0.330 e. The maximum absolute atomic E-state index is 12.0. The first-order valence-electron chi connectivity index (χ1n) is 8.42. The quantitative estimate of drug-likeness (QED) is 0.776. The van der Waals surface area contributed by atoms with Crippen LogP contribution >= 0.6 is 0 Å². The summed E-state index contributed by atoms with van der Waals surface area (Å²) in [6, 6.07) is 3.30. The third-order valence-electron chi connectivity index (χ3n) is 4.95. The van der Waals surface area contributed by atoms with Gasteiger partial charge in [0, 0.05) is 0 Å². The molecule has 1 heterocycles. The number of aliphatic hydroxyl groups excluding tert-OH is 1. The number of aryl methyl sites for hydroxylation is 2. The van der Waals surface area contributed by atoms with Crippen molar-refractivity contribution < 1.29 is 18.6 Å². The Morgan fingerprint density at radius 2 is 1.92 bits per heavy atom. The highest BCUT2D eigenvalue weighted by atomic mass is 32.2. The molecule has 0 saturated heterocycles. The zero-order valence-electron chi connectivity index (χ0n) is 13.8. The van der Waals surface area contributed by atoms with Crippen molar-refractivity contribution in [1.82, 2.24) is 4.72 Å². The number of phenols is 1. The lowest BCUT2D eigenvalue weighted by Gasteiger charge is -2.22. The minimum absolute atomic E-state index is 0.120. The summed E-state index contributed by atoms with van der Waals surface area (Å²) in [5, 5.41) is 19.6. The van der Waals surface area contributed by atoms with Crippen LogP contribution in [0, 0.1) is 12.8 Å². The maximum atomic E-state index is 12.0. The van der Waals surface area contributed by atoms with E-state index in [0.29, 0.717) is 0 Å². The average Bonchev–Trinajstić information content (AvgIpc) is 2.80. The summed E-state index contributed by atoms with van der Waals surface area (Å²) < 4.78 is 26.9. The van der Waals surface area contributed by atoms with Crippen LogP contribution in [0.3, 0.4) is 0 Å². The molecular formula is C17H24N2O4S. The van der Waals surface area contributed by atoms with Crippen molar-refractivity contribution in [3.05, 3.63) is 35.3 Å². The van der Waals surface area contributed by atoms with Crippen LogP contribution in [0.2, 0.25) is 0 Å². The van der Waals surface area contributed by atoms with Crippen molar-refractivity contribution in [3.8, 4) is 5.75 Å². The Morgan fingerprint density at radius 3 is 2.54 bits per heavy atom. The summed E-state index contributed by atoms with van der Waals surface area (Å²) >= 11 is 0. The van der Waals surface area contributed by atoms with E-state index >= 15 is 0 Å². The fourth-order valence-electron chi connectivity index (χ4n) is 3.59. The number of rotatable bonds is 4. The highest BCUT2D eigenvalue weighted by molar-refractivity contribution is 7.91. The number of hydrogen-bond acceptors (Lipinski definition) is 4. The van der Waals surface area contributed by atoms with E-state index in [9.17, 15) is 18.6 Å². The summed E-state index contributed by atoms with van der Waals surface area (Å²) in [5.74, 6) is 0.153. The lowest BCUT2D eigenvalue weighted by Crippen LogP contribution is -2.29. The summed E-state index contributed by atoms with van der Waals surface area (Å²) in [7, 11) is -3.90. The van der Waals surface area contributed by atoms with E-state index < -0.39 is 16.1 Å². The molecule has 0 aromatic heterocycles. The van der Waals surface area contributed by atoms with E-state index in [-0.39, 0.29) is 11.4 Å². The third-order valence-corrected chi connectivity index (χ3v) is 6.24. The van der Waals surface area contributed by atoms with Gasteiger partial charge >= 0.3 is 10.2 Å². The number of nitrogens with zero attached hydrogens (tertiary/aromatic N) is 1. The van der Waals surface area contributed by atoms with Crippen molar-refractivity contribution in [1.29, 1.82) is 0 Å². The molecule has 1 saturated carbocycles. The van der Waals surface area contributed by atoms with E-state index in [0.717, 1.165) is 40.4 Å². The van der Waals surface area contributed by atoms with Gasteiger partial charge in [-0.2, -0.15) is 8.42 Å². The average molecular weight is 352 g/mol. The van der Waals surface area contributed by atoms with Crippen LogP contribution in [0.1, 0.15) is 49.7 Å². The van der Waals surface area contributed by atoms with E-state index in [1.54, 1.807) is 12.1 Å². The first-order chi connectivity index (χ1) is 11.4. The van der Waals surface area contributed by atoms with Gasteiger partial charge in [-0.3, -0.25) is 0 Å². The van der Waals surface area contributed by atoms with Gasteiger partial charge in [-0.15, -0.1) is 0 Å². The molecule has 3 N–H and O–H groups in total. The van der Waals surface area contributed by atoms with Gasteiger partial charge in [0.05, 0.1) is 6.20 Å². The molecule has 0 spiro atoms. The van der Waals surface area contributed by atoms with Crippen LogP contribution in [-0.2, 0) is 16.6 Å². The van der Waals surface area contributed by atoms with E-state index in [1.165, 1.54) is 32.1 Å². The normalized spacial score (nSPS) is 20.7. The monoisotopic (exact) mass is 352 g/mol. The minimum atomic E-state index is -3.90. The molecule has 1 aromatic rings. The lowest BCUT2D eigenvalue weighted by molar-refractivity contribution is 0.339. The standard InChI is InChI=1S/C17H24N2O4S/c1-12-9-16(20)15(19-11-17(21)18-24(19,22)23)10-14(12)8-7-13-5-3-2-4-6-13/h9-11,13,18,20-21H,2-8H2,1H3. The van der Waals surface area contributed by atoms with Gasteiger partial charge in [0.1, 0.15) is 11.4 Å². The molecule has 0 radical (unpaired) electrons. The molecule has 1 aliphatic heterocycles. The van der Waals surface area contributed by atoms with Gasteiger partial charge < -0.3 is 10.2 Å². The second kappa shape index (κ2) is 6.55. The van der Waals surface area contributed by atoms with Crippen molar-refractivity contribution in [2.45, 2.75) is 51.9 Å². The molecule has 0 amide bonds. The van der Waals surface area contributed by atoms with Crippen LogP contribution in [0.25, 0.3) is 0 Å². The molecule has 0 bridgehead atoms. The third kappa shape index (κ3) is 3.45. The number of phenolic OH excluding ortho intramolecular Hbond substituents is 1. The molecule has 6 nitrogen and oxygen atoms in total. The molecule has 1 aliphatic carbocycles. The van der Waals surface area contributed by atoms with Crippen LogP contribution in [0.4, 0.5) is 5.69 Å². The van der Waals surface area contributed by atoms with Crippen LogP contribution < -0.4 is 9.03 Å². The number of benzene rings is 1. The summed E-state index contributed by atoms with van der Waals surface area (Å²) in [6.07, 6.45) is 9.46. The number of hydrogen-bond donors (Lipinski definition) is 3. The zero-order chi connectivity index (χ0) is 17.3. The Morgan fingerprint density at radius 1 is 1.21 bits per heavy atom. The van der Waals surface area contributed by atoms with Gasteiger partial charge in [-0.1, -0.05) is 32.1 Å². The second-order valence-electron chi connectivity index (χ2n) is 6.73. The van der Waals surface area contributed by atoms with Gasteiger partial charge in [0.25, 0.3) is 0 Å². The highest BCUT2D eigenvalue weighted by Gasteiger charge is 2.31. The van der Waals surface area contributed by atoms with Gasteiger partial charge in [-0.05, 0) is 48.9 Å². The second-order valence-corrected chi connectivity index (χ2v) is 8.28. The molecule has 1 aromatic carbocycles. The van der Waals surface area contributed by atoms with E-state index in [1.807, 2.05) is 11.6 Å². The van der Waals surface area contributed by atoms with Crippen molar-refractivity contribution >= 4 is 15.9 Å². The minimum Gasteiger partial charge on any atom is -0.506 e.